The molecule has 0 aliphatic heterocycles. The second-order valence-electron chi connectivity index (χ2n) is 5.42. The van der Waals surface area contributed by atoms with Crippen molar-refractivity contribution in [3.8, 4) is 0 Å². The summed E-state index contributed by atoms with van der Waals surface area (Å²) < 4.78 is 10.1. The zero-order chi connectivity index (χ0) is 19.1. The Bertz CT molecular complexity index is 798. The van der Waals surface area contributed by atoms with E-state index in [1.54, 1.807) is 37.3 Å². The van der Waals surface area contributed by atoms with Crippen LogP contribution in [0.4, 0.5) is 5.00 Å². The number of aryl methyl sites for hydroxylation is 1. The van der Waals surface area contributed by atoms with Gasteiger partial charge in [0, 0.05) is 4.88 Å². The molecule has 26 heavy (non-hydrogen) atoms. The van der Waals surface area contributed by atoms with E-state index in [0.717, 1.165) is 16.9 Å². The standard InChI is InChI=1S/C19H21NO5S/c1-4-14-12(3)16(19(23)24-5-2)17(26-14)20-15(21)11-25-18(22)13-9-7-6-8-10-13/h6-10H,4-5,11H2,1-3H3,(H,20,21). The number of ether oxygens (including phenoxy) is 2. The molecule has 1 N–H and O–H groups in total. The third kappa shape index (κ3) is 4.70. The molecule has 0 atom stereocenters. The van der Waals surface area contributed by atoms with E-state index in [2.05, 4.69) is 5.32 Å². The van der Waals surface area contributed by atoms with Crippen LogP contribution in [-0.2, 0) is 20.7 Å². The monoisotopic (exact) mass is 375 g/mol. The van der Waals surface area contributed by atoms with Gasteiger partial charge < -0.3 is 14.8 Å². The van der Waals surface area contributed by atoms with Crippen LogP contribution < -0.4 is 5.32 Å². The summed E-state index contributed by atoms with van der Waals surface area (Å²) in [5, 5.41) is 3.07. The normalized spacial score (nSPS) is 10.3. The maximum Gasteiger partial charge on any atom is 0.341 e. The van der Waals surface area contributed by atoms with Crippen LogP contribution in [-0.4, -0.2) is 31.1 Å². The van der Waals surface area contributed by atoms with Crippen LogP contribution in [0.3, 0.4) is 0 Å². The molecule has 6 nitrogen and oxygen atoms in total. The van der Waals surface area contributed by atoms with Crippen molar-refractivity contribution in [2.45, 2.75) is 27.2 Å². The molecular formula is C19H21NO5S. The second kappa shape index (κ2) is 9.15. The van der Waals surface area contributed by atoms with Gasteiger partial charge in [-0.3, -0.25) is 4.79 Å². The van der Waals surface area contributed by atoms with Gasteiger partial charge in [0.2, 0.25) is 0 Å². The molecule has 0 saturated carbocycles. The Morgan fingerprint density at radius 2 is 1.73 bits per heavy atom. The lowest BCUT2D eigenvalue weighted by atomic mass is 10.1. The van der Waals surface area contributed by atoms with Crippen molar-refractivity contribution in [2.75, 3.05) is 18.5 Å². The largest absolute Gasteiger partial charge is 0.462 e. The summed E-state index contributed by atoms with van der Waals surface area (Å²) in [6, 6.07) is 8.42. The van der Waals surface area contributed by atoms with Crippen LogP contribution >= 0.6 is 11.3 Å². The van der Waals surface area contributed by atoms with Crippen LogP contribution in [0.25, 0.3) is 0 Å². The van der Waals surface area contributed by atoms with Crippen molar-refractivity contribution in [3.63, 3.8) is 0 Å². The Balaban J connectivity index is 2.06. The van der Waals surface area contributed by atoms with Gasteiger partial charge in [-0.1, -0.05) is 25.1 Å². The average molecular weight is 375 g/mol. The van der Waals surface area contributed by atoms with Crippen LogP contribution in [0, 0.1) is 6.92 Å². The average Bonchev–Trinajstić information content (AvgIpc) is 2.95. The van der Waals surface area contributed by atoms with Gasteiger partial charge in [-0.2, -0.15) is 0 Å². The molecule has 0 fully saturated rings. The predicted octanol–water partition coefficient (Wildman–Crippen LogP) is 3.59. The number of amides is 1. The molecule has 2 rings (SSSR count). The van der Waals surface area contributed by atoms with E-state index in [4.69, 9.17) is 9.47 Å². The van der Waals surface area contributed by atoms with Gasteiger partial charge in [0.1, 0.15) is 5.00 Å². The number of hydrogen-bond donors (Lipinski definition) is 1. The molecule has 1 amide bonds. The minimum Gasteiger partial charge on any atom is -0.462 e. The predicted molar refractivity (Wildman–Crippen MR) is 99.7 cm³/mol. The molecule has 2 aromatic rings. The first kappa shape index (κ1) is 19.7. The fourth-order valence-corrected chi connectivity index (χ4v) is 3.54. The molecule has 138 valence electrons. The highest BCUT2D eigenvalue weighted by molar-refractivity contribution is 7.17. The summed E-state index contributed by atoms with van der Waals surface area (Å²) in [4.78, 5) is 37.2. The van der Waals surface area contributed by atoms with Crippen LogP contribution in [0.1, 0.15) is 45.0 Å². The maximum atomic E-state index is 12.2. The maximum absolute atomic E-state index is 12.2. The molecular weight excluding hydrogens is 354 g/mol. The van der Waals surface area contributed by atoms with E-state index in [1.165, 1.54) is 11.3 Å². The number of hydrogen-bond acceptors (Lipinski definition) is 6. The van der Waals surface area contributed by atoms with E-state index >= 15 is 0 Å². The van der Waals surface area contributed by atoms with E-state index in [-0.39, 0.29) is 6.61 Å². The summed E-state index contributed by atoms with van der Waals surface area (Å²) in [7, 11) is 0. The Morgan fingerprint density at radius 3 is 2.35 bits per heavy atom. The van der Waals surface area contributed by atoms with Crippen molar-refractivity contribution >= 4 is 34.2 Å². The van der Waals surface area contributed by atoms with Crippen molar-refractivity contribution in [1.82, 2.24) is 0 Å². The first-order valence-electron chi connectivity index (χ1n) is 8.29. The molecule has 1 aromatic heterocycles. The lowest BCUT2D eigenvalue weighted by Gasteiger charge is -2.08. The molecule has 0 radical (unpaired) electrons. The van der Waals surface area contributed by atoms with Crippen molar-refractivity contribution in [3.05, 3.63) is 51.9 Å². The zero-order valence-corrected chi connectivity index (χ0v) is 15.8. The van der Waals surface area contributed by atoms with Gasteiger partial charge in [-0.25, -0.2) is 9.59 Å². The number of anilines is 1. The molecule has 1 aromatic carbocycles. The highest BCUT2D eigenvalue weighted by Crippen LogP contribution is 2.34. The van der Waals surface area contributed by atoms with Gasteiger partial charge in [0.15, 0.2) is 6.61 Å². The quantitative estimate of drug-likeness (QED) is 0.748. The fraction of sp³-hybridized carbons (Fsp3) is 0.316. The number of esters is 2. The molecule has 0 bridgehead atoms. The van der Waals surface area contributed by atoms with Crippen molar-refractivity contribution < 1.29 is 23.9 Å². The van der Waals surface area contributed by atoms with Crippen molar-refractivity contribution in [2.24, 2.45) is 0 Å². The Morgan fingerprint density at radius 1 is 1.04 bits per heavy atom. The van der Waals surface area contributed by atoms with Gasteiger partial charge in [-0.05, 0) is 38.0 Å². The minimum atomic E-state index is -0.581. The Hall–Kier alpha value is -2.67. The molecule has 1 heterocycles. The van der Waals surface area contributed by atoms with Crippen LogP contribution in [0.2, 0.25) is 0 Å². The van der Waals surface area contributed by atoms with Gasteiger partial charge in [-0.15, -0.1) is 11.3 Å². The van der Waals surface area contributed by atoms with Gasteiger partial charge in [0.25, 0.3) is 5.91 Å². The van der Waals surface area contributed by atoms with Crippen LogP contribution in [0.15, 0.2) is 30.3 Å². The highest BCUT2D eigenvalue weighted by atomic mass is 32.1. The third-order valence-electron chi connectivity index (χ3n) is 3.64. The third-order valence-corrected chi connectivity index (χ3v) is 4.99. The first-order valence-corrected chi connectivity index (χ1v) is 9.10. The van der Waals surface area contributed by atoms with E-state index in [1.807, 2.05) is 13.8 Å². The van der Waals surface area contributed by atoms with E-state index < -0.39 is 24.5 Å². The lowest BCUT2D eigenvalue weighted by Crippen LogP contribution is -2.21. The fourth-order valence-electron chi connectivity index (χ4n) is 2.39. The molecule has 7 heteroatoms. The first-order chi connectivity index (χ1) is 12.5. The Labute approximate surface area is 156 Å². The molecule has 0 unspecified atom stereocenters. The van der Waals surface area contributed by atoms with E-state index in [9.17, 15) is 14.4 Å². The summed E-state index contributed by atoms with van der Waals surface area (Å²) in [6.07, 6.45) is 0.738. The van der Waals surface area contributed by atoms with Gasteiger partial charge >= 0.3 is 11.9 Å². The summed E-state index contributed by atoms with van der Waals surface area (Å²) in [5.41, 5.74) is 1.52. The Kier molecular flexibility index (Phi) is 6.91. The van der Waals surface area contributed by atoms with Gasteiger partial charge in [0.05, 0.1) is 17.7 Å². The second-order valence-corrected chi connectivity index (χ2v) is 6.52. The molecule has 0 aliphatic rings. The summed E-state index contributed by atoms with van der Waals surface area (Å²) >= 11 is 1.33. The number of carbonyl (C=O) groups is 3. The molecule has 0 saturated heterocycles. The summed E-state index contributed by atoms with van der Waals surface area (Å²) in [5.74, 6) is -1.57. The number of nitrogens with one attached hydrogen (secondary N) is 1. The minimum absolute atomic E-state index is 0.248. The number of thiophene rings is 1. The van der Waals surface area contributed by atoms with Crippen LogP contribution in [0.5, 0.6) is 0 Å². The van der Waals surface area contributed by atoms with Crippen molar-refractivity contribution in [1.29, 1.82) is 0 Å². The van der Waals surface area contributed by atoms with E-state index in [0.29, 0.717) is 16.1 Å². The highest BCUT2D eigenvalue weighted by Gasteiger charge is 2.23. The lowest BCUT2D eigenvalue weighted by molar-refractivity contribution is -0.119. The smallest absolute Gasteiger partial charge is 0.341 e. The topological polar surface area (TPSA) is 81.7 Å². The molecule has 0 aliphatic carbocycles. The number of benzene rings is 1. The summed E-state index contributed by atoms with van der Waals surface area (Å²) in [6.45, 7) is 5.33. The molecule has 0 spiro atoms. The number of carbonyl (C=O) groups excluding carboxylic acids is 3. The zero-order valence-electron chi connectivity index (χ0n) is 15.0. The number of rotatable bonds is 7. The SMILES string of the molecule is CCOC(=O)c1c(NC(=O)COC(=O)c2ccccc2)sc(CC)c1C.